The van der Waals surface area contributed by atoms with Crippen LogP contribution < -0.4 is 0 Å². The zero-order chi connectivity index (χ0) is 10.0. The maximum absolute atomic E-state index is 13.3. The fourth-order valence-electron chi connectivity index (χ4n) is 1.13. The van der Waals surface area contributed by atoms with E-state index >= 15 is 0 Å². The average molecular weight is 247 g/mol. The Bertz CT molecular complexity index is 299. The first-order chi connectivity index (χ1) is 6.02. The van der Waals surface area contributed by atoms with Crippen LogP contribution in [0.4, 0.5) is 4.39 Å². The van der Waals surface area contributed by atoms with Crippen molar-refractivity contribution in [3.05, 3.63) is 34.1 Å². The highest BCUT2D eigenvalue weighted by atomic mass is 79.9. The molecule has 1 aromatic carbocycles. The predicted octanol–water partition coefficient (Wildman–Crippen LogP) is 3.07. The van der Waals surface area contributed by atoms with Gasteiger partial charge in [0.25, 0.3) is 0 Å². The van der Waals surface area contributed by atoms with Gasteiger partial charge >= 0.3 is 0 Å². The van der Waals surface area contributed by atoms with Crippen molar-refractivity contribution in [1.29, 1.82) is 0 Å². The van der Waals surface area contributed by atoms with Crippen LogP contribution in [-0.2, 0) is 0 Å². The lowest BCUT2D eigenvalue weighted by atomic mass is 9.96. The summed E-state index contributed by atoms with van der Waals surface area (Å²) in [6, 6.07) is 4.88. The van der Waals surface area contributed by atoms with Gasteiger partial charge in [-0.3, -0.25) is 0 Å². The first-order valence-electron chi connectivity index (χ1n) is 4.15. The highest BCUT2D eigenvalue weighted by molar-refractivity contribution is 9.10. The summed E-state index contributed by atoms with van der Waals surface area (Å²) in [5.74, 6) is -0.448. The monoisotopic (exact) mass is 246 g/mol. The van der Waals surface area contributed by atoms with Crippen LogP contribution in [0.15, 0.2) is 22.7 Å². The van der Waals surface area contributed by atoms with Crippen molar-refractivity contribution >= 4 is 15.9 Å². The van der Waals surface area contributed by atoms with Gasteiger partial charge < -0.3 is 5.11 Å². The Hall–Kier alpha value is -0.410. The SMILES string of the molecule is CC(O)C(C)c1ccc(Br)cc1F. The van der Waals surface area contributed by atoms with Crippen molar-refractivity contribution in [2.45, 2.75) is 25.9 Å². The molecule has 0 heterocycles. The minimum atomic E-state index is -0.532. The van der Waals surface area contributed by atoms with E-state index in [4.69, 9.17) is 0 Å². The van der Waals surface area contributed by atoms with Crippen LogP contribution >= 0.6 is 15.9 Å². The second kappa shape index (κ2) is 4.20. The molecule has 0 fully saturated rings. The molecule has 0 saturated carbocycles. The number of halogens is 2. The Morgan fingerprint density at radius 2 is 2.00 bits per heavy atom. The van der Waals surface area contributed by atoms with Gasteiger partial charge in [0, 0.05) is 10.4 Å². The molecule has 0 bridgehead atoms. The van der Waals surface area contributed by atoms with E-state index in [-0.39, 0.29) is 11.7 Å². The molecule has 1 nitrogen and oxygen atoms in total. The normalized spacial score (nSPS) is 15.5. The maximum Gasteiger partial charge on any atom is 0.127 e. The Balaban J connectivity index is 3.01. The summed E-state index contributed by atoms with van der Waals surface area (Å²) < 4.78 is 14.0. The quantitative estimate of drug-likeness (QED) is 0.851. The zero-order valence-electron chi connectivity index (χ0n) is 7.59. The van der Waals surface area contributed by atoms with Crippen LogP contribution in [0.2, 0.25) is 0 Å². The molecule has 0 amide bonds. The molecule has 0 aliphatic heterocycles. The van der Waals surface area contributed by atoms with Gasteiger partial charge in [-0.15, -0.1) is 0 Å². The van der Waals surface area contributed by atoms with E-state index in [1.807, 2.05) is 0 Å². The summed E-state index contributed by atoms with van der Waals surface area (Å²) >= 11 is 3.18. The third kappa shape index (κ3) is 2.51. The van der Waals surface area contributed by atoms with E-state index in [2.05, 4.69) is 15.9 Å². The molecule has 13 heavy (non-hydrogen) atoms. The van der Waals surface area contributed by atoms with E-state index < -0.39 is 6.10 Å². The fourth-order valence-corrected chi connectivity index (χ4v) is 1.46. The number of benzene rings is 1. The zero-order valence-corrected chi connectivity index (χ0v) is 9.18. The van der Waals surface area contributed by atoms with Gasteiger partial charge in [0.2, 0.25) is 0 Å². The third-order valence-corrected chi connectivity index (χ3v) is 2.67. The second-order valence-corrected chi connectivity index (χ2v) is 4.11. The second-order valence-electron chi connectivity index (χ2n) is 3.20. The van der Waals surface area contributed by atoms with E-state index in [0.29, 0.717) is 10.0 Å². The fraction of sp³-hybridized carbons (Fsp3) is 0.400. The smallest absolute Gasteiger partial charge is 0.127 e. The molecular formula is C10H12BrFO. The summed E-state index contributed by atoms with van der Waals surface area (Å²) in [4.78, 5) is 0. The summed E-state index contributed by atoms with van der Waals surface area (Å²) in [6.07, 6.45) is -0.532. The first-order valence-corrected chi connectivity index (χ1v) is 4.94. The number of aliphatic hydroxyl groups is 1. The lowest BCUT2D eigenvalue weighted by Gasteiger charge is -2.15. The molecule has 1 N–H and O–H groups in total. The van der Waals surface area contributed by atoms with Crippen molar-refractivity contribution in [3.63, 3.8) is 0 Å². The van der Waals surface area contributed by atoms with Crippen LogP contribution in [0.5, 0.6) is 0 Å². The van der Waals surface area contributed by atoms with Gasteiger partial charge in [0.15, 0.2) is 0 Å². The molecule has 0 aliphatic carbocycles. The molecule has 0 radical (unpaired) electrons. The molecule has 0 aromatic heterocycles. The molecule has 1 aromatic rings. The molecule has 3 heteroatoms. The lowest BCUT2D eigenvalue weighted by Crippen LogP contribution is -2.12. The Labute approximate surface area is 85.7 Å². The number of hydrogen-bond acceptors (Lipinski definition) is 1. The third-order valence-electron chi connectivity index (χ3n) is 2.18. The topological polar surface area (TPSA) is 20.2 Å². The number of rotatable bonds is 2. The van der Waals surface area contributed by atoms with Crippen LogP contribution in [0, 0.1) is 5.82 Å². The van der Waals surface area contributed by atoms with Crippen molar-refractivity contribution in [1.82, 2.24) is 0 Å². The van der Waals surface area contributed by atoms with Crippen molar-refractivity contribution in [3.8, 4) is 0 Å². The average Bonchev–Trinajstić information content (AvgIpc) is 2.03. The first kappa shape index (κ1) is 10.7. The Kier molecular flexibility index (Phi) is 3.45. The van der Waals surface area contributed by atoms with E-state index in [1.54, 1.807) is 26.0 Å². The van der Waals surface area contributed by atoms with Gasteiger partial charge in [0.05, 0.1) is 6.10 Å². The number of aliphatic hydroxyl groups excluding tert-OH is 1. The molecule has 2 atom stereocenters. The van der Waals surface area contributed by atoms with Crippen molar-refractivity contribution in [2.24, 2.45) is 0 Å². The molecule has 2 unspecified atom stereocenters. The summed E-state index contributed by atoms with van der Waals surface area (Å²) in [5, 5.41) is 9.29. The molecule has 0 aliphatic rings. The molecule has 72 valence electrons. The van der Waals surface area contributed by atoms with E-state index in [9.17, 15) is 9.50 Å². The molecule has 0 spiro atoms. The van der Waals surface area contributed by atoms with Gasteiger partial charge in [-0.25, -0.2) is 4.39 Å². The van der Waals surface area contributed by atoms with Crippen LogP contribution in [-0.4, -0.2) is 11.2 Å². The standard InChI is InChI=1S/C10H12BrFO/c1-6(7(2)13)9-4-3-8(11)5-10(9)12/h3-7,13H,1-2H3. The van der Waals surface area contributed by atoms with Gasteiger partial charge in [0.1, 0.15) is 5.82 Å². The van der Waals surface area contributed by atoms with Crippen LogP contribution in [0.3, 0.4) is 0 Å². The minimum Gasteiger partial charge on any atom is -0.393 e. The lowest BCUT2D eigenvalue weighted by molar-refractivity contribution is 0.167. The summed E-state index contributed by atoms with van der Waals surface area (Å²) in [5.41, 5.74) is 0.554. The van der Waals surface area contributed by atoms with E-state index in [1.165, 1.54) is 6.07 Å². The highest BCUT2D eigenvalue weighted by Gasteiger charge is 2.15. The molecule has 0 saturated heterocycles. The Morgan fingerprint density at radius 1 is 1.38 bits per heavy atom. The molecule has 1 rings (SSSR count). The minimum absolute atomic E-state index is 0.173. The van der Waals surface area contributed by atoms with Gasteiger partial charge in [-0.1, -0.05) is 28.9 Å². The summed E-state index contributed by atoms with van der Waals surface area (Å²) in [6.45, 7) is 3.46. The van der Waals surface area contributed by atoms with Gasteiger partial charge in [-0.05, 0) is 24.6 Å². The maximum atomic E-state index is 13.3. The highest BCUT2D eigenvalue weighted by Crippen LogP contribution is 2.24. The van der Waals surface area contributed by atoms with Gasteiger partial charge in [-0.2, -0.15) is 0 Å². The van der Waals surface area contributed by atoms with Crippen molar-refractivity contribution < 1.29 is 9.50 Å². The molecular weight excluding hydrogens is 235 g/mol. The summed E-state index contributed by atoms with van der Waals surface area (Å²) in [7, 11) is 0. The largest absolute Gasteiger partial charge is 0.393 e. The van der Waals surface area contributed by atoms with E-state index in [0.717, 1.165) is 0 Å². The number of hydrogen-bond donors (Lipinski definition) is 1. The van der Waals surface area contributed by atoms with Crippen LogP contribution in [0.25, 0.3) is 0 Å². The van der Waals surface area contributed by atoms with Crippen molar-refractivity contribution in [2.75, 3.05) is 0 Å². The van der Waals surface area contributed by atoms with Crippen LogP contribution in [0.1, 0.15) is 25.3 Å². The Morgan fingerprint density at radius 3 is 2.46 bits per heavy atom. The predicted molar refractivity (Wildman–Crippen MR) is 54.2 cm³/mol.